The van der Waals surface area contributed by atoms with Crippen LogP contribution in [0.25, 0.3) is 11.3 Å². The lowest BCUT2D eigenvalue weighted by Gasteiger charge is -2.28. The van der Waals surface area contributed by atoms with Gasteiger partial charge in [0.25, 0.3) is 11.6 Å². The molecule has 216 valence electrons. The van der Waals surface area contributed by atoms with Gasteiger partial charge in [0.1, 0.15) is 0 Å². The fourth-order valence-electron chi connectivity index (χ4n) is 6.19. The standard InChI is InChI=1S/C33H35N5O4/c1-22(39)37-18-14-25-19-27(11-10-26(25)21-37)34-32(31-29-20-28(38(41)42)12-13-30(29)35-33(31)40)24-8-6-23(7-9-24)5-4-17-36-15-2-3-16-36/h6-13,19-20,34H,2-5,14-18,21H2,1H3,(H,35,40). The molecule has 0 bridgehead atoms. The summed E-state index contributed by atoms with van der Waals surface area (Å²) in [5.41, 5.74) is 7.08. The first kappa shape index (κ1) is 27.7. The number of likely N-dealkylation sites (tertiary alicyclic amines) is 1. The van der Waals surface area contributed by atoms with Crippen molar-refractivity contribution in [2.45, 2.75) is 45.6 Å². The number of hydrogen-bond acceptors (Lipinski definition) is 6. The molecule has 0 aromatic heterocycles. The second-order valence-electron chi connectivity index (χ2n) is 11.3. The lowest BCUT2D eigenvalue weighted by molar-refractivity contribution is -0.384. The van der Waals surface area contributed by atoms with E-state index >= 15 is 0 Å². The number of amides is 2. The minimum Gasteiger partial charge on any atom is -0.354 e. The highest BCUT2D eigenvalue weighted by atomic mass is 16.6. The highest BCUT2D eigenvalue weighted by molar-refractivity contribution is 6.37. The summed E-state index contributed by atoms with van der Waals surface area (Å²) in [7, 11) is 0. The lowest BCUT2D eigenvalue weighted by atomic mass is 9.96. The maximum absolute atomic E-state index is 13.4. The fourth-order valence-corrected chi connectivity index (χ4v) is 6.19. The summed E-state index contributed by atoms with van der Waals surface area (Å²) in [5, 5.41) is 18.0. The molecular formula is C33H35N5O4. The second kappa shape index (κ2) is 11.8. The molecule has 42 heavy (non-hydrogen) atoms. The van der Waals surface area contributed by atoms with E-state index in [4.69, 9.17) is 0 Å². The summed E-state index contributed by atoms with van der Waals surface area (Å²) in [6, 6.07) is 18.7. The molecule has 0 atom stereocenters. The van der Waals surface area contributed by atoms with Crippen LogP contribution >= 0.6 is 0 Å². The van der Waals surface area contributed by atoms with Crippen LogP contribution in [0, 0.1) is 10.1 Å². The number of fused-ring (bicyclic) bond motifs is 2. The molecule has 1 fully saturated rings. The SMILES string of the molecule is CC(=O)N1CCc2cc(NC(=C3C(=O)Nc4ccc([N+](=O)[O-])cc43)c3ccc(CCCN4CCCC4)cc3)ccc2C1. The van der Waals surface area contributed by atoms with Crippen molar-refractivity contribution < 1.29 is 14.5 Å². The topological polar surface area (TPSA) is 108 Å². The Morgan fingerprint density at radius 3 is 2.52 bits per heavy atom. The largest absolute Gasteiger partial charge is 0.354 e. The van der Waals surface area contributed by atoms with Crippen molar-refractivity contribution in [2.75, 3.05) is 36.8 Å². The van der Waals surface area contributed by atoms with E-state index in [1.165, 1.54) is 43.6 Å². The molecule has 3 aromatic rings. The van der Waals surface area contributed by atoms with Crippen LogP contribution in [-0.2, 0) is 29.0 Å². The van der Waals surface area contributed by atoms with Gasteiger partial charge >= 0.3 is 0 Å². The molecule has 3 heterocycles. The quantitative estimate of drug-likeness (QED) is 0.213. The van der Waals surface area contributed by atoms with Gasteiger partial charge in [-0.05, 0) is 92.2 Å². The number of nitro groups is 1. The summed E-state index contributed by atoms with van der Waals surface area (Å²) in [5.74, 6) is -0.243. The predicted molar refractivity (Wildman–Crippen MR) is 164 cm³/mol. The normalized spacial score (nSPS) is 17.5. The molecule has 3 aliphatic rings. The molecular weight excluding hydrogens is 530 g/mol. The van der Waals surface area contributed by atoms with E-state index in [-0.39, 0.29) is 17.5 Å². The lowest BCUT2D eigenvalue weighted by Crippen LogP contribution is -2.34. The average Bonchev–Trinajstić information content (AvgIpc) is 3.62. The number of non-ortho nitro benzene ring substituents is 1. The second-order valence-corrected chi connectivity index (χ2v) is 11.3. The van der Waals surface area contributed by atoms with Crippen molar-refractivity contribution >= 4 is 40.1 Å². The molecule has 0 saturated carbocycles. The van der Waals surface area contributed by atoms with Crippen molar-refractivity contribution in [3.05, 3.63) is 98.6 Å². The first-order valence-corrected chi connectivity index (χ1v) is 14.7. The van der Waals surface area contributed by atoms with Gasteiger partial charge in [-0.25, -0.2) is 0 Å². The van der Waals surface area contributed by atoms with E-state index in [9.17, 15) is 19.7 Å². The van der Waals surface area contributed by atoms with Crippen molar-refractivity contribution in [1.29, 1.82) is 0 Å². The Morgan fingerprint density at radius 2 is 1.79 bits per heavy atom. The molecule has 1 saturated heterocycles. The van der Waals surface area contributed by atoms with E-state index < -0.39 is 4.92 Å². The predicted octanol–water partition coefficient (Wildman–Crippen LogP) is 5.46. The number of hydrogen-bond donors (Lipinski definition) is 2. The summed E-state index contributed by atoms with van der Waals surface area (Å²) >= 11 is 0. The number of rotatable bonds is 8. The van der Waals surface area contributed by atoms with E-state index in [1.807, 2.05) is 29.2 Å². The van der Waals surface area contributed by atoms with Gasteiger partial charge < -0.3 is 20.4 Å². The third-order valence-electron chi connectivity index (χ3n) is 8.52. The zero-order valence-electron chi connectivity index (χ0n) is 23.8. The summed E-state index contributed by atoms with van der Waals surface area (Å²) < 4.78 is 0. The number of nitrogens with one attached hydrogen (secondary N) is 2. The van der Waals surface area contributed by atoms with Crippen LogP contribution in [-0.4, -0.2) is 52.7 Å². The molecule has 0 aliphatic carbocycles. The highest BCUT2D eigenvalue weighted by Gasteiger charge is 2.30. The molecule has 9 heteroatoms. The molecule has 0 spiro atoms. The molecule has 2 amide bonds. The van der Waals surface area contributed by atoms with Crippen LogP contribution in [0.4, 0.5) is 17.1 Å². The number of aryl methyl sites for hydroxylation is 1. The molecule has 2 N–H and O–H groups in total. The Morgan fingerprint density at radius 1 is 1.00 bits per heavy atom. The van der Waals surface area contributed by atoms with Gasteiger partial charge in [0, 0.05) is 49.1 Å². The summed E-state index contributed by atoms with van der Waals surface area (Å²) in [4.78, 5) is 40.7. The number of carbonyl (C=O) groups excluding carboxylic acids is 2. The third kappa shape index (κ3) is 5.78. The zero-order valence-corrected chi connectivity index (χ0v) is 23.8. The summed E-state index contributed by atoms with van der Waals surface area (Å²) in [6.45, 7) is 6.34. The van der Waals surface area contributed by atoms with Crippen LogP contribution in [0.2, 0.25) is 0 Å². The van der Waals surface area contributed by atoms with Gasteiger partial charge in [0.2, 0.25) is 5.91 Å². The number of anilines is 2. The Hall–Kier alpha value is -4.50. The highest BCUT2D eigenvalue weighted by Crippen LogP contribution is 2.39. The smallest absolute Gasteiger partial charge is 0.270 e. The zero-order chi connectivity index (χ0) is 29.2. The van der Waals surface area contributed by atoms with Gasteiger partial charge in [0.15, 0.2) is 0 Å². The van der Waals surface area contributed by atoms with Gasteiger partial charge in [0.05, 0.1) is 16.2 Å². The average molecular weight is 566 g/mol. The number of nitro benzene ring substituents is 1. The Bertz CT molecular complexity index is 1570. The van der Waals surface area contributed by atoms with Gasteiger partial charge in [-0.2, -0.15) is 0 Å². The minimum absolute atomic E-state index is 0.0642. The van der Waals surface area contributed by atoms with Crippen molar-refractivity contribution in [2.24, 2.45) is 0 Å². The molecule has 0 radical (unpaired) electrons. The van der Waals surface area contributed by atoms with E-state index in [0.717, 1.165) is 48.2 Å². The number of benzene rings is 3. The minimum atomic E-state index is -0.446. The van der Waals surface area contributed by atoms with Crippen LogP contribution < -0.4 is 10.6 Å². The van der Waals surface area contributed by atoms with Crippen molar-refractivity contribution in [1.82, 2.24) is 9.80 Å². The fraction of sp³-hybridized carbons (Fsp3) is 0.333. The van der Waals surface area contributed by atoms with E-state index in [1.54, 1.807) is 13.0 Å². The Kier molecular flexibility index (Phi) is 7.75. The van der Waals surface area contributed by atoms with Gasteiger partial charge in [-0.3, -0.25) is 19.7 Å². The Labute approximate surface area is 245 Å². The molecule has 6 rings (SSSR count). The third-order valence-corrected chi connectivity index (χ3v) is 8.52. The molecule has 0 unspecified atom stereocenters. The van der Waals surface area contributed by atoms with Gasteiger partial charge in [-0.15, -0.1) is 0 Å². The monoisotopic (exact) mass is 565 g/mol. The van der Waals surface area contributed by atoms with Crippen LogP contribution in [0.1, 0.15) is 54.0 Å². The van der Waals surface area contributed by atoms with Crippen LogP contribution in [0.3, 0.4) is 0 Å². The first-order valence-electron chi connectivity index (χ1n) is 14.7. The van der Waals surface area contributed by atoms with Gasteiger partial charge in [-0.1, -0.05) is 30.3 Å². The number of nitrogens with zero attached hydrogens (tertiary/aromatic N) is 3. The molecule has 3 aliphatic heterocycles. The van der Waals surface area contributed by atoms with Crippen LogP contribution in [0.5, 0.6) is 0 Å². The molecule has 9 nitrogen and oxygen atoms in total. The molecule has 3 aromatic carbocycles. The van der Waals surface area contributed by atoms with E-state index in [2.05, 4.69) is 33.7 Å². The Balaban J connectivity index is 1.33. The van der Waals surface area contributed by atoms with Crippen molar-refractivity contribution in [3.8, 4) is 0 Å². The van der Waals surface area contributed by atoms with Crippen LogP contribution in [0.15, 0.2) is 60.7 Å². The maximum atomic E-state index is 13.4. The van der Waals surface area contributed by atoms with Crippen molar-refractivity contribution in [3.63, 3.8) is 0 Å². The number of carbonyl (C=O) groups is 2. The summed E-state index contributed by atoms with van der Waals surface area (Å²) in [6.07, 6.45) is 5.41. The van der Waals surface area contributed by atoms with E-state index in [0.29, 0.717) is 35.6 Å². The first-order chi connectivity index (χ1) is 20.4. The maximum Gasteiger partial charge on any atom is 0.270 e.